The van der Waals surface area contributed by atoms with Gasteiger partial charge in [-0.3, -0.25) is 0 Å². The van der Waals surface area contributed by atoms with Crippen LogP contribution in [0.2, 0.25) is 0 Å². The lowest BCUT2D eigenvalue weighted by Crippen LogP contribution is -1.52. The molecule has 0 fully saturated rings. The normalized spacial score (nSPS) is 10.0. The molecule has 0 saturated carbocycles. The molecule has 0 rings (SSSR count). The highest BCUT2D eigenvalue weighted by Crippen LogP contribution is 2.24. The Hall–Kier alpha value is 0.960. The van der Waals surface area contributed by atoms with E-state index >= 15 is 0 Å². The Morgan fingerprint density at radius 3 is 2.00 bits per heavy atom. The van der Waals surface area contributed by atoms with E-state index in [1.807, 2.05) is 0 Å². The van der Waals surface area contributed by atoms with Crippen LogP contribution in [0.15, 0.2) is 0 Å². The van der Waals surface area contributed by atoms with Gasteiger partial charge in [-0.05, 0) is 0 Å². The van der Waals surface area contributed by atoms with Gasteiger partial charge in [0, 0.05) is 5.19 Å². The first-order valence-corrected chi connectivity index (χ1v) is 4.46. The Morgan fingerprint density at radius 2 is 2.00 bits per heavy atom. The van der Waals surface area contributed by atoms with E-state index in [9.17, 15) is 0 Å². The number of nitrogens with one attached hydrogen (secondary N) is 1. The predicted molar refractivity (Wildman–Crippen MR) is 35.5 cm³/mol. The van der Waals surface area contributed by atoms with Crippen LogP contribution in [0.5, 0.6) is 0 Å². The van der Waals surface area contributed by atoms with E-state index in [1.165, 1.54) is 0 Å². The van der Waals surface area contributed by atoms with Gasteiger partial charge in [0.1, 0.15) is 0 Å². The zero-order chi connectivity index (χ0) is 4.28. The highest BCUT2D eigenvalue weighted by atomic mass is 32.0. The van der Waals surface area contributed by atoms with Gasteiger partial charge in [-0.25, -0.2) is 0 Å². The zero-order valence-corrected chi connectivity index (χ0v) is 5.96. The second-order valence-electron chi connectivity index (χ2n) is 0.558. The average Bonchev–Trinajstić information content (AvgIpc) is 1.38. The van der Waals surface area contributed by atoms with E-state index < -0.39 is 0 Å². The minimum Gasteiger partial charge on any atom is -0.301 e. The van der Waals surface area contributed by atoms with Crippen LogP contribution >= 0.6 is 26.4 Å². The second kappa shape index (κ2) is 3.16. The van der Waals surface area contributed by atoms with Crippen molar-refractivity contribution in [2.45, 2.75) is 0 Å². The molecule has 0 spiro atoms. The lowest BCUT2D eigenvalue weighted by Gasteiger charge is -1.77. The van der Waals surface area contributed by atoms with Crippen molar-refractivity contribution in [1.82, 2.24) is 0 Å². The van der Waals surface area contributed by atoms with E-state index in [2.05, 4.69) is 18.2 Å². The first-order valence-electron chi connectivity index (χ1n) is 1.08. The summed E-state index contributed by atoms with van der Waals surface area (Å²) in [4.78, 5) is 0. The summed E-state index contributed by atoms with van der Waals surface area (Å²) in [7, 11) is 5.36. The molecule has 0 radical (unpaired) electrons. The van der Waals surface area contributed by atoms with Crippen LogP contribution in [0.25, 0.3) is 0 Å². The Morgan fingerprint density at radius 1 is 1.80 bits per heavy atom. The molecule has 0 aliphatic heterocycles. The SMILES string of the molecule is N=C(P)PP. The molecule has 3 atom stereocenters. The summed E-state index contributed by atoms with van der Waals surface area (Å²) in [6, 6.07) is 0. The average molecular weight is 125 g/mol. The van der Waals surface area contributed by atoms with E-state index in [1.54, 1.807) is 0 Å². The first-order chi connectivity index (χ1) is 2.27. The van der Waals surface area contributed by atoms with Crippen LogP contribution in [0.3, 0.4) is 0 Å². The maximum absolute atomic E-state index is 6.70. The Balaban J connectivity index is 2.85. The highest BCUT2D eigenvalue weighted by Gasteiger charge is 1.70. The Labute approximate surface area is 37.9 Å². The summed E-state index contributed by atoms with van der Waals surface area (Å²) < 4.78 is 0. The first kappa shape index (κ1) is 5.96. The zero-order valence-electron chi connectivity index (χ0n) is 2.65. The molecule has 30 valence electrons. The summed E-state index contributed by atoms with van der Waals surface area (Å²) >= 11 is 0. The largest absolute Gasteiger partial charge is 0.301 e. The highest BCUT2D eigenvalue weighted by molar-refractivity contribution is 8.16. The van der Waals surface area contributed by atoms with E-state index in [0.29, 0.717) is 13.5 Å². The van der Waals surface area contributed by atoms with E-state index in [0.717, 1.165) is 0 Å². The minimum absolute atomic E-state index is 0.577. The van der Waals surface area contributed by atoms with Crippen LogP contribution in [0.4, 0.5) is 0 Å². The molecule has 0 aliphatic carbocycles. The van der Waals surface area contributed by atoms with Crippen molar-refractivity contribution in [2.24, 2.45) is 0 Å². The van der Waals surface area contributed by atoms with Crippen LogP contribution in [-0.2, 0) is 0 Å². The molecule has 1 N–H and O–H groups in total. The fraction of sp³-hybridized carbons (Fsp3) is 0. The Bertz CT molecular complexity index is 42.2. The standard InChI is InChI=1S/CH6NP3/c2-1(3)5-4/h2,5H,3-4H2. The lowest BCUT2D eigenvalue weighted by atomic mass is 11.7. The van der Waals surface area contributed by atoms with Crippen molar-refractivity contribution in [3.8, 4) is 0 Å². The molecular formula is CH6NP3. The maximum Gasteiger partial charge on any atom is 0.0489 e. The third-order valence-electron chi connectivity index (χ3n) is 0.156. The molecule has 3 unspecified atom stereocenters. The van der Waals surface area contributed by atoms with Crippen LogP contribution in [0.1, 0.15) is 0 Å². The number of rotatable bonds is 1. The quantitative estimate of drug-likeness (QED) is 0.403. The maximum atomic E-state index is 6.70. The topological polar surface area (TPSA) is 23.9 Å². The van der Waals surface area contributed by atoms with E-state index in [-0.39, 0.29) is 0 Å². The monoisotopic (exact) mass is 125 g/mol. The molecule has 0 heterocycles. The van der Waals surface area contributed by atoms with Crippen molar-refractivity contribution < 1.29 is 0 Å². The smallest absolute Gasteiger partial charge is 0.0489 e. The summed E-state index contributed by atoms with van der Waals surface area (Å²) in [5.74, 6) is 0. The van der Waals surface area contributed by atoms with Gasteiger partial charge in [0.25, 0.3) is 0 Å². The van der Waals surface area contributed by atoms with Gasteiger partial charge >= 0.3 is 0 Å². The van der Waals surface area contributed by atoms with Gasteiger partial charge in [-0.15, -0.1) is 8.93 Å². The summed E-state index contributed by atoms with van der Waals surface area (Å²) in [6.45, 7) is 0. The van der Waals surface area contributed by atoms with Crippen molar-refractivity contribution >= 4 is 31.6 Å². The van der Waals surface area contributed by atoms with Crippen molar-refractivity contribution in [3.05, 3.63) is 0 Å². The number of hydrogen-bond acceptors (Lipinski definition) is 1. The van der Waals surface area contributed by atoms with Crippen LogP contribution < -0.4 is 0 Å². The van der Waals surface area contributed by atoms with Crippen molar-refractivity contribution in [1.29, 1.82) is 5.41 Å². The van der Waals surface area contributed by atoms with Gasteiger partial charge in [0.15, 0.2) is 0 Å². The minimum atomic E-state index is 0.577. The molecule has 0 saturated heterocycles. The summed E-state index contributed by atoms with van der Waals surface area (Å²) in [5.41, 5.74) is 0. The molecule has 0 aliphatic rings. The third-order valence-corrected chi connectivity index (χ3v) is 2.90. The van der Waals surface area contributed by atoms with E-state index in [4.69, 9.17) is 5.41 Å². The molecule has 4 heteroatoms. The predicted octanol–water partition coefficient (Wildman–Crippen LogP) is 1.26. The van der Waals surface area contributed by atoms with Gasteiger partial charge in [0.2, 0.25) is 0 Å². The van der Waals surface area contributed by atoms with Gasteiger partial charge in [-0.2, -0.15) is 0 Å². The summed E-state index contributed by atoms with van der Waals surface area (Å²) in [6.07, 6.45) is 0. The third kappa shape index (κ3) is 4.96. The Kier molecular flexibility index (Phi) is 3.77. The molecule has 0 bridgehead atoms. The van der Waals surface area contributed by atoms with Gasteiger partial charge in [0.05, 0.1) is 0 Å². The van der Waals surface area contributed by atoms with Gasteiger partial charge in [-0.1, -0.05) is 17.5 Å². The van der Waals surface area contributed by atoms with Gasteiger partial charge < -0.3 is 5.41 Å². The molecule has 0 aromatic rings. The fourth-order valence-electron chi connectivity index (χ4n) is 0. The fourth-order valence-corrected chi connectivity index (χ4v) is 0. The molecule has 1 nitrogen and oxygen atoms in total. The molecule has 0 aromatic carbocycles. The van der Waals surface area contributed by atoms with Crippen LogP contribution in [-0.4, -0.2) is 5.19 Å². The second-order valence-corrected chi connectivity index (χ2v) is 3.41. The summed E-state index contributed by atoms with van der Waals surface area (Å²) in [5, 5.41) is 7.36. The van der Waals surface area contributed by atoms with Crippen molar-refractivity contribution in [2.75, 3.05) is 0 Å². The molecular weight excluding hydrogens is 119 g/mol. The molecule has 5 heavy (non-hydrogen) atoms. The lowest BCUT2D eigenvalue weighted by molar-refractivity contribution is 1.59. The van der Waals surface area contributed by atoms with Crippen LogP contribution in [0, 0.1) is 5.41 Å². The number of hydrogen-bond donors (Lipinski definition) is 1. The molecule has 0 aromatic heterocycles. The van der Waals surface area contributed by atoms with Crippen molar-refractivity contribution in [3.63, 3.8) is 0 Å². The molecule has 0 amide bonds.